The van der Waals surface area contributed by atoms with Crippen LogP contribution in [-0.2, 0) is 13.2 Å². The number of rotatable bonds is 5. The lowest BCUT2D eigenvalue weighted by atomic mass is 10.2. The molecule has 3 rings (SSSR count). The zero-order valence-electron chi connectivity index (χ0n) is 10.5. The van der Waals surface area contributed by atoms with Crippen LogP contribution in [0.2, 0.25) is 0 Å². The van der Waals surface area contributed by atoms with Crippen molar-refractivity contribution in [2.45, 2.75) is 13.2 Å². The molecule has 0 atom stereocenters. The molecular weight excluding hydrogens is 276 g/mol. The number of aromatic nitrogens is 5. The monoisotopic (exact) mass is 288 g/mol. The standard InChI is InChI=1S/C12H12N6OS/c19-7-11-6-18(16-14-11)12-3-1-9(2-4-12)13-5-10-8-20-17-15-10/h1-4,6,8,13,19H,5,7H2. The number of nitrogens with zero attached hydrogens (tertiary/aromatic N) is 5. The Hall–Kier alpha value is -2.32. The Morgan fingerprint density at radius 1 is 1.15 bits per heavy atom. The molecule has 2 aromatic heterocycles. The lowest BCUT2D eigenvalue weighted by molar-refractivity contribution is 0.276. The summed E-state index contributed by atoms with van der Waals surface area (Å²) in [6.45, 7) is 0.537. The van der Waals surface area contributed by atoms with E-state index in [0.29, 0.717) is 12.2 Å². The van der Waals surface area contributed by atoms with Gasteiger partial charge >= 0.3 is 0 Å². The van der Waals surface area contributed by atoms with Crippen molar-refractivity contribution in [2.75, 3.05) is 5.32 Å². The van der Waals surface area contributed by atoms with Gasteiger partial charge in [-0.25, -0.2) is 4.68 Å². The van der Waals surface area contributed by atoms with Gasteiger partial charge in [-0.2, -0.15) is 0 Å². The number of anilines is 1. The van der Waals surface area contributed by atoms with Crippen molar-refractivity contribution in [1.82, 2.24) is 24.6 Å². The molecule has 0 bridgehead atoms. The van der Waals surface area contributed by atoms with Crippen molar-refractivity contribution in [2.24, 2.45) is 0 Å². The zero-order valence-corrected chi connectivity index (χ0v) is 11.3. The Kier molecular flexibility index (Phi) is 3.66. The van der Waals surface area contributed by atoms with E-state index in [4.69, 9.17) is 5.11 Å². The normalized spacial score (nSPS) is 10.7. The average Bonchev–Trinajstić information content (AvgIpc) is 3.17. The van der Waals surface area contributed by atoms with Crippen LogP contribution < -0.4 is 5.32 Å². The molecule has 1 aromatic carbocycles. The topological polar surface area (TPSA) is 88.8 Å². The summed E-state index contributed by atoms with van der Waals surface area (Å²) in [6, 6.07) is 7.76. The van der Waals surface area contributed by atoms with E-state index in [1.807, 2.05) is 29.6 Å². The SMILES string of the molecule is OCc1cn(-c2ccc(NCc3csnn3)cc2)nn1. The molecule has 8 heteroatoms. The first-order chi connectivity index (χ1) is 9.85. The summed E-state index contributed by atoms with van der Waals surface area (Å²) < 4.78 is 5.44. The third kappa shape index (κ3) is 2.81. The van der Waals surface area contributed by atoms with Crippen LogP contribution in [0, 0.1) is 0 Å². The highest BCUT2D eigenvalue weighted by Gasteiger charge is 2.02. The summed E-state index contributed by atoms with van der Waals surface area (Å²) in [5, 5.41) is 25.9. The number of nitrogens with one attached hydrogen (secondary N) is 1. The summed E-state index contributed by atoms with van der Waals surface area (Å²) in [5.41, 5.74) is 3.34. The van der Waals surface area contributed by atoms with Crippen LogP contribution in [-0.4, -0.2) is 29.7 Å². The van der Waals surface area contributed by atoms with Gasteiger partial charge in [-0.05, 0) is 35.8 Å². The van der Waals surface area contributed by atoms with Gasteiger partial charge in [0.05, 0.1) is 30.7 Å². The Labute approximate surface area is 119 Å². The maximum atomic E-state index is 8.97. The van der Waals surface area contributed by atoms with Gasteiger partial charge in [0.25, 0.3) is 0 Å². The Balaban J connectivity index is 1.67. The molecule has 102 valence electrons. The molecule has 0 unspecified atom stereocenters. The highest BCUT2D eigenvalue weighted by atomic mass is 32.1. The van der Waals surface area contributed by atoms with E-state index in [1.165, 1.54) is 11.5 Å². The lowest BCUT2D eigenvalue weighted by Crippen LogP contribution is -2.00. The van der Waals surface area contributed by atoms with Crippen LogP contribution >= 0.6 is 11.5 Å². The average molecular weight is 288 g/mol. The van der Waals surface area contributed by atoms with Gasteiger partial charge in [-0.3, -0.25) is 0 Å². The molecule has 0 aliphatic heterocycles. The third-order valence-corrected chi connectivity index (χ3v) is 3.27. The van der Waals surface area contributed by atoms with E-state index in [0.717, 1.165) is 17.1 Å². The van der Waals surface area contributed by atoms with Crippen molar-refractivity contribution in [1.29, 1.82) is 0 Å². The van der Waals surface area contributed by atoms with Crippen molar-refractivity contribution in [3.8, 4) is 5.69 Å². The minimum absolute atomic E-state index is 0.110. The molecule has 0 saturated carbocycles. The van der Waals surface area contributed by atoms with Crippen molar-refractivity contribution in [3.05, 3.63) is 47.2 Å². The molecule has 20 heavy (non-hydrogen) atoms. The summed E-state index contributed by atoms with van der Waals surface area (Å²) in [5.74, 6) is 0. The van der Waals surface area contributed by atoms with E-state index in [2.05, 4.69) is 25.2 Å². The molecule has 0 radical (unpaired) electrons. The van der Waals surface area contributed by atoms with Crippen molar-refractivity contribution >= 4 is 17.2 Å². The van der Waals surface area contributed by atoms with Gasteiger partial charge in [0.1, 0.15) is 5.69 Å². The largest absolute Gasteiger partial charge is 0.390 e. The Bertz CT molecular complexity index is 664. The Morgan fingerprint density at radius 2 is 2.00 bits per heavy atom. The molecule has 3 aromatic rings. The quantitative estimate of drug-likeness (QED) is 0.734. The number of aliphatic hydroxyl groups is 1. The highest BCUT2D eigenvalue weighted by Crippen LogP contribution is 2.13. The molecule has 0 spiro atoms. The van der Waals surface area contributed by atoms with E-state index in [-0.39, 0.29) is 6.61 Å². The number of aliphatic hydroxyl groups excluding tert-OH is 1. The first kappa shape index (κ1) is 12.7. The summed E-state index contributed by atoms with van der Waals surface area (Å²) in [6.07, 6.45) is 1.70. The van der Waals surface area contributed by atoms with Gasteiger partial charge in [-0.15, -0.1) is 10.2 Å². The second-order valence-corrected chi connectivity index (χ2v) is 4.72. The maximum absolute atomic E-state index is 8.97. The molecule has 0 aliphatic rings. The molecule has 7 nitrogen and oxygen atoms in total. The molecule has 0 aliphatic carbocycles. The molecule has 2 heterocycles. The molecule has 0 saturated heterocycles. The van der Waals surface area contributed by atoms with Crippen LogP contribution in [0.15, 0.2) is 35.8 Å². The van der Waals surface area contributed by atoms with Crippen molar-refractivity contribution < 1.29 is 5.11 Å². The summed E-state index contributed by atoms with van der Waals surface area (Å²) in [4.78, 5) is 0. The molecular formula is C12H12N6OS. The second-order valence-electron chi connectivity index (χ2n) is 4.11. The van der Waals surface area contributed by atoms with Crippen LogP contribution in [0.4, 0.5) is 5.69 Å². The summed E-state index contributed by atoms with van der Waals surface area (Å²) >= 11 is 1.34. The first-order valence-electron chi connectivity index (χ1n) is 5.97. The van der Waals surface area contributed by atoms with E-state index in [1.54, 1.807) is 10.9 Å². The fraction of sp³-hybridized carbons (Fsp3) is 0.167. The van der Waals surface area contributed by atoms with Crippen LogP contribution in [0.25, 0.3) is 5.69 Å². The van der Waals surface area contributed by atoms with Crippen molar-refractivity contribution in [3.63, 3.8) is 0 Å². The third-order valence-electron chi connectivity index (χ3n) is 2.71. The van der Waals surface area contributed by atoms with Crippen LogP contribution in [0.3, 0.4) is 0 Å². The lowest BCUT2D eigenvalue weighted by Gasteiger charge is -2.05. The maximum Gasteiger partial charge on any atom is 0.109 e. The van der Waals surface area contributed by atoms with E-state index >= 15 is 0 Å². The minimum Gasteiger partial charge on any atom is -0.390 e. The molecule has 2 N–H and O–H groups in total. The Morgan fingerprint density at radius 3 is 2.65 bits per heavy atom. The zero-order chi connectivity index (χ0) is 13.8. The first-order valence-corrected chi connectivity index (χ1v) is 6.81. The van der Waals surface area contributed by atoms with E-state index < -0.39 is 0 Å². The highest BCUT2D eigenvalue weighted by molar-refractivity contribution is 7.03. The van der Waals surface area contributed by atoms with Gasteiger partial charge in [0, 0.05) is 11.1 Å². The molecule has 0 fully saturated rings. The number of hydrogen-bond donors (Lipinski definition) is 2. The summed E-state index contributed by atoms with van der Waals surface area (Å²) in [7, 11) is 0. The minimum atomic E-state index is -0.110. The second kappa shape index (κ2) is 5.76. The number of benzene rings is 1. The van der Waals surface area contributed by atoms with Crippen LogP contribution in [0.5, 0.6) is 0 Å². The fourth-order valence-corrected chi connectivity index (χ4v) is 2.13. The predicted octanol–water partition coefficient (Wildman–Crippen LogP) is 1.22. The van der Waals surface area contributed by atoms with Crippen LogP contribution in [0.1, 0.15) is 11.4 Å². The molecule has 0 amide bonds. The predicted molar refractivity (Wildman–Crippen MR) is 74.5 cm³/mol. The van der Waals surface area contributed by atoms with Gasteiger partial charge in [0.15, 0.2) is 0 Å². The van der Waals surface area contributed by atoms with Gasteiger partial charge in [-0.1, -0.05) is 9.70 Å². The smallest absolute Gasteiger partial charge is 0.109 e. The van der Waals surface area contributed by atoms with Gasteiger partial charge in [0.2, 0.25) is 0 Å². The number of hydrogen-bond acceptors (Lipinski definition) is 7. The van der Waals surface area contributed by atoms with E-state index in [9.17, 15) is 0 Å². The fourth-order valence-electron chi connectivity index (χ4n) is 1.68. The van der Waals surface area contributed by atoms with Gasteiger partial charge < -0.3 is 10.4 Å².